The van der Waals surface area contributed by atoms with Gasteiger partial charge in [0.25, 0.3) is 0 Å². The Labute approximate surface area is 131 Å². The summed E-state index contributed by atoms with van der Waals surface area (Å²) in [7, 11) is 0. The predicted octanol–water partition coefficient (Wildman–Crippen LogP) is 6.37. The summed E-state index contributed by atoms with van der Waals surface area (Å²) in [5, 5.41) is 0. The van der Waals surface area contributed by atoms with Gasteiger partial charge in [-0.15, -0.1) is 11.3 Å². The van der Waals surface area contributed by atoms with Crippen molar-refractivity contribution in [3.63, 3.8) is 0 Å². The molecule has 1 atom stereocenters. The van der Waals surface area contributed by atoms with Crippen molar-refractivity contribution >= 4 is 59.1 Å². The Morgan fingerprint density at radius 2 is 1.82 bits per heavy atom. The fraction of sp³-hybridized carbons (Fsp3) is 0.231. The Morgan fingerprint density at radius 3 is 2.35 bits per heavy atom. The average molecular weight is 439 g/mol. The van der Waals surface area contributed by atoms with Crippen molar-refractivity contribution in [3.8, 4) is 0 Å². The van der Waals surface area contributed by atoms with Crippen LogP contribution in [0.1, 0.15) is 26.4 Å². The Kier molecular flexibility index (Phi) is 4.50. The van der Waals surface area contributed by atoms with Crippen molar-refractivity contribution in [1.29, 1.82) is 0 Å². The first-order valence-electron chi connectivity index (χ1n) is 5.15. The molecular formula is C13H11Br3S. The molecule has 2 rings (SSSR count). The Morgan fingerprint density at radius 1 is 1.12 bits per heavy atom. The van der Waals surface area contributed by atoms with Crippen LogP contribution >= 0.6 is 59.1 Å². The fourth-order valence-electron chi connectivity index (χ4n) is 1.75. The zero-order chi connectivity index (χ0) is 12.6. The molecule has 0 spiro atoms. The van der Waals surface area contributed by atoms with Gasteiger partial charge in [0.05, 0.1) is 8.61 Å². The largest absolute Gasteiger partial charge is 0.131 e. The summed E-state index contributed by atoms with van der Waals surface area (Å²) < 4.78 is 2.26. The molecule has 1 heterocycles. The standard InChI is InChI=1S/C13H11Br3S/c1-7-3-4-9(8(2)5-7)12(15)11-6-10(14)13(16)17-11/h3-6,12H,1-2H3. The molecule has 0 bridgehead atoms. The molecule has 0 aliphatic rings. The van der Waals surface area contributed by atoms with Gasteiger partial charge in [-0.3, -0.25) is 0 Å². The molecule has 0 nitrogen and oxygen atoms in total. The molecule has 0 N–H and O–H groups in total. The van der Waals surface area contributed by atoms with Crippen LogP contribution in [0.4, 0.5) is 0 Å². The summed E-state index contributed by atoms with van der Waals surface area (Å²) in [4.78, 5) is 1.56. The Hall–Kier alpha value is 0.360. The Balaban J connectivity index is 2.39. The van der Waals surface area contributed by atoms with Crippen molar-refractivity contribution in [2.75, 3.05) is 0 Å². The third-order valence-corrected chi connectivity index (χ3v) is 7.22. The molecular weight excluding hydrogens is 428 g/mol. The lowest BCUT2D eigenvalue weighted by Crippen LogP contribution is -1.93. The first-order chi connectivity index (χ1) is 7.99. The normalized spacial score (nSPS) is 12.8. The number of hydrogen-bond acceptors (Lipinski definition) is 1. The topological polar surface area (TPSA) is 0 Å². The lowest BCUT2D eigenvalue weighted by molar-refractivity contribution is 1.17. The molecule has 0 saturated carbocycles. The third kappa shape index (κ3) is 3.03. The summed E-state index contributed by atoms with van der Waals surface area (Å²) in [5.41, 5.74) is 3.96. The molecule has 4 heteroatoms. The molecule has 0 saturated heterocycles. The molecule has 0 aliphatic heterocycles. The molecule has 1 aromatic heterocycles. The van der Waals surface area contributed by atoms with Gasteiger partial charge in [0.15, 0.2) is 0 Å². The van der Waals surface area contributed by atoms with Crippen LogP contribution < -0.4 is 0 Å². The highest BCUT2D eigenvalue weighted by Crippen LogP contribution is 2.42. The SMILES string of the molecule is Cc1ccc(C(Br)c2cc(Br)c(Br)s2)c(C)c1. The van der Waals surface area contributed by atoms with Crippen LogP contribution in [-0.2, 0) is 0 Å². The van der Waals surface area contributed by atoms with Gasteiger partial charge in [0.2, 0.25) is 0 Å². The van der Waals surface area contributed by atoms with Crippen LogP contribution in [-0.4, -0.2) is 0 Å². The van der Waals surface area contributed by atoms with Crippen molar-refractivity contribution in [3.05, 3.63) is 54.1 Å². The fourth-order valence-corrected chi connectivity index (χ4v) is 4.76. The van der Waals surface area contributed by atoms with E-state index in [0.29, 0.717) is 0 Å². The van der Waals surface area contributed by atoms with Gasteiger partial charge in [0.1, 0.15) is 0 Å². The maximum absolute atomic E-state index is 3.79. The van der Waals surface area contributed by atoms with Crippen molar-refractivity contribution in [1.82, 2.24) is 0 Å². The van der Waals surface area contributed by atoms with Crippen molar-refractivity contribution < 1.29 is 0 Å². The minimum atomic E-state index is 0.260. The molecule has 0 radical (unpaired) electrons. The molecule has 1 aromatic carbocycles. The highest BCUT2D eigenvalue weighted by atomic mass is 79.9. The number of rotatable bonds is 2. The monoisotopic (exact) mass is 436 g/mol. The first-order valence-corrected chi connectivity index (χ1v) is 8.47. The summed E-state index contributed by atoms with van der Waals surface area (Å²) >= 11 is 12.6. The zero-order valence-electron chi connectivity index (χ0n) is 9.43. The average Bonchev–Trinajstić information content (AvgIpc) is 2.58. The van der Waals surface area contributed by atoms with E-state index < -0.39 is 0 Å². The number of aryl methyl sites for hydroxylation is 2. The summed E-state index contributed by atoms with van der Waals surface area (Å²) in [6.07, 6.45) is 0. The number of alkyl halides is 1. The van der Waals surface area contributed by atoms with Crippen LogP contribution in [0.15, 0.2) is 32.5 Å². The molecule has 2 aromatic rings. The molecule has 17 heavy (non-hydrogen) atoms. The maximum atomic E-state index is 3.79. The second-order valence-corrected chi connectivity index (χ2v) is 8.16. The number of halogens is 3. The number of hydrogen-bond donors (Lipinski definition) is 0. The highest BCUT2D eigenvalue weighted by Gasteiger charge is 2.16. The third-order valence-electron chi connectivity index (χ3n) is 2.61. The van der Waals surface area contributed by atoms with Crippen LogP contribution in [0.3, 0.4) is 0 Å². The lowest BCUT2D eigenvalue weighted by atomic mass is 10.0. The van der Waals surface area contributed by atoms with E-state index in [4.69, 9.17) is 0 Å². The van der Waals surface area contributed by atoms with Crippen molar-refractivity contribution in [2.24, 2.45) is 0 Å². The van der Waals surface area contributed by atoms with Gasteiger partial charge in [-0.1, -0.05) is 39.7 Å². The highest BCUT2D eigenvalue weighted by molar-refractivity contribution is 9.13. The molecule has 0 amide bonds. The minimum absolute atomic E-state index is 0.260. The summed E-state index contributed by atoms with van der Waals surface area (Å²) in [5.74, 6) is 0. The second kappa shape index (κ2) is 5.55. The van der Waals surface area contributed by atoms with E-state index in [2.05, 4.69) is 85.9 Å². The van der Waals surface area contributed by atoms with Crippen LogP contribution in [0.25, 0.3) is 0 Å². The van der Waals surface area contributed by atoms with E-state index in [1.807, 2.05) is 0 Å². The van der Waals surface area contributed by atoms with Crippen LogP contribution in [0.5, 0.6) is 0 Å². The van der Waals surface area contributed by atoms with Crippen LogP contribution in [0.2, 0.25) is 0 Å². The Bertz CT molecular complexity index is 526. The van der Waals surface area contributed by atoms with E-state index in [9.17, 15) is 0 Å². The summed E-state index contributed by atoms with van der Waals surface area (Å²) in [6.45, 7) is 4.28. The van der Waals surface area contributed by atoms with Gasteiger partial charge >= 0.3 is 0 Å². The molecule has 0 fully saturated rings. The van der Waals surface area contributed by atoms with Gasteiger partial charge in [-0.2, -0.15) is 0 Å². The van der Waals surface area contributed by atoms with Crippen molar-refractivity contribution in [2.45, 2.75) is 18.7 Å². The maximum Gasteiger partial charge on any atom is 0.0843 e. The van der Waals surface area contributed by atoms with Gasteiger partial charge < -0.3 is 0 Å². The van der Waals surface area contributed by atoms with Gasteiger partial charge in [0, 0.05) is 9.35 Å². The number of thiophene rings is 1. The van der Waals surface area contributed by atoms with E-state index in [-0.39, 0.29) is 4.83 Å². The summed E-state index contributed by atoms with van der Waals surface area (Å²) in [6, 6.07) is 8.74. The molecule has 90 valence electrons. The van der Waals surface area contributed by atoms with E-state index >= 15 is 0 Å². The molecule has 0 aliphatic carbocycles. The first kappa shape index (κ1) is 13.8. The smallest absolute Gasteiger partial charge is 0.0843 e. The van der Waals surface area contributed by atoms with E-state index in [1.165, 1.54) is 21.6 Å². The van der Waals surface area contributed by atoms with E-state index in [1.54, 1.807) is 11.3 Å². The van der Waals surface area contributed by atoms with Gasteiger partial charge in [-0.05, 0) is 62.9 Å². The number of benzene rings is 1. The van der Waals surface area contributed by atoms with Crippen LogP contribution in [0, 0.1) is 13.8 Å². The predicted molar refractivity (Wildman–Crippen MR) is 86.4 cm³/mol. The minimum Gasteiger partial charge on any atom is -0.131 e. The quantitative estimate of drug-likeness (QED) is 0.477. The molecule has 1 unspecified atom stereocenters. The zero-order valence-corrected chi connectivity index (χ0v) is 15.0. The van der Waals surface area contributed by atoms with Gasteiger partial charge in [-0.25, -0.2) is 0 Å². The lowest BCUT2D eigenvalue weighted by Gasteiger charge is -2.12. The second-order valence-electron chi connectivity index (χ2n) is 3.99. The van der Waals surface area contributed by atoms with E-state index in [0.717, 1.165) is 8.26 Å².